The number of carbonyl (C=O) groups is 2. The lowest BCUT2D eigenvalue weighted by Crippen LogP contribution is -1.97. The molecule has 0 spiro atoms. The molecule has 1 fully saturated rings. The Morgan fingerprint density at radius 2 is 1.32 bits per heavy atom. The first-order valence-corrected chi connectivity index (χ1v) is 16.4. The number of rotatable bonds is 8. The number of nitrogens with zero attached hydrogens (tertiary/aromatic N) is 2. The van der Waals surface area contributed by atoms with Crippen LogP contribution in [-0.4, -0.2) is 47.8 Å². The molecule has 1 saturated heterocycles. The summed E-state index contributed by atoms with van der Waals surface area (Å²) in [5.74, 6) is -0.678. The van der Waals surface area contributed by atoms with Gasteiger partial charge in [-0.15, -0.1) is 0 Å². The van der Waals surface area contributed by atoms with Gasteiger partial charge in [-0.25, -0.2) is 9.97 Å². The Balaban J connectivity index is 1.73. The summed E-state index contributed by atoms with van der Waals surface area (Å²) < 4.78 is 0. The zero-order valence-electron chi connectivity index (χ0n) is 25.5. The Kier molecular flexibility index (Phi) is 8.00. The molecule has 0 amide bonds. The summed E-state index contributed by atoms with van der Waals surface area (Å²) in [6.45, 7) is 10.3. The van der Waals surface area contributed by atoms with Crippen molar-refractivity contribution in [2.45, 2.75) is 70.8 Å². The third kappa shape index (κ3) is 5.61. The summed E-state index contributed by atoms with van der Waals surface area (Å²) in [6.07, 6.45) is 0.616. The van der Waals surface area contributed by atoms with E-state index in [1.54, 1.807) is 0 Å². The van der Waals surface area contributed by atoms with Crippen LogP contribution in [-0.2, 0) is 9.59 Å². The van der Waals surface area contributed by atoms with E-state index in [-0.39, 0.29) is 18.1 Å². The molecule has 2 unspecified atom stereocenters. The van der Waals surface area contributed by atoms with Crippen LogP contribution < -0.4 is 0 Å². The largest absolute Gasteiger partial charge is 0.481 e. The molecule has 8 bridgehead atoms. The molecule has 3 aromatic heterocycles. The van der Waals surface area contributed by atoms with Crippen molar-refractivity contribution >= 4 is 80.7 Å². The molecule has 8 nitrogen and oxygen atoms in total. The molecule has 3 aliphatic rings. The third-order valence-electron chi connectivity index (χ3n) is 8.88. The van der Waals surface area contributed by atoms with Gasteiger partial charge in [-0.05, 0) is 116 Å². The van der Waals surface area contributed by atoms with Gasteiger partial charge < -0.3 is 20.2 Å². The Labute approximate surface area is 265 Å². The molecule has 4 N–H and O–H groups in total. The lowest BCUT2D eigenvalue weighted by atomic mass is 9.98. The number of thioether (sulfide) groups is 1. The van der Waals surface area contributed by atoms with Gasteiger partial charge in [-0.1, -0.05) is 0 Å². The van der Waals surface area contributed by atoms with E-state index in [4.69, 9.17) is 22.6 Å². The molecule has 3 aromatic rings. The quantitative estimate of drug-likeness (QED) is 0.125. The molecule has 3 aliphatic heterocycles. The number of aromatic amines is 2. The van der Waals surface area contributed by atoms with Gasteiger partial charge in [0, 0.05) is 51.2 Å². The van der Waals surface area contributed by atoms with Crippen LogP contribution in [0.15, 0.2) is 24.3 Å². The number of carboxylic acid groups (broad SMARTS) is 2. The molecule has 6 heterocycles. The van der Waals surface area contributed by atoms with Gasteiger partial charge in [0.05, 0.1) is 22.8 Å². The maximum Gasteiger partial charge on any atom is 0.303 e. The van der Waals surface area contributed by atoms with E-state index in [1.165, 1.54) is 11.1 Å². The fraction of sp³-hybridized carbons (Fsp3) is 0.353. The summed E-state index contributed by atoms with van der Waals surface area (Å²) in [6, 6.07) is 8.19. The van der Waals surface area contributed by atoms with E-state index in [2.05, 4.69) is 42.9 Å². The SMILES string of the molecule is CC1=C(CCC(=O)O)c2cc3nc(cc4[nH]c(cc5[nH]c(cc1n2)c(C)c5C(C)S)c(C)c4C1CS1)C(C)=C3CCC(=O)O. The number of hydrogen-bond acceptors (Lipinski definition) is 6. The van der Waals surface area contributed by atoms with Gasteiger partial charge in [0.1, 0.15) is 0 Å². The molecule has 0 saturated carbocycles. The smallest absolute Gasteiger partial charge is 0.303 e. The van der Waals surface area contributed by atoms with Crippen molar-refractivity contribution in [2.24, 2.45) is 0 Å². The summed E-state index contributed by atoms with van der Waals surface area (Å²) in [4.78, 5) is 40.6. The van der Waals surface area contributed by atoms with Crippen molar-refractivity contribution < 1.29 is 19.8 Å². The lowest BCUT2D eigenvalue weighted by Gasteiger charge is -2.05. The van der Waals surface area contributed by atoms with E-state index in [9.17, 15) is 19.8 Å². The van der Waals surface area contributed by atoms with Gasteiger partial charge in [-0.2, -0.15) is 24.4 Å². The number of H-pyrrole nitrogens is 2. The Hall–Kier alpha value is -3.76. The second kappa shape index (κ2) is 11.6. The predicted octanol–water partition coefficient (Wildman–Crippen LogP) is 8.30. The minimum atomic E-state index is -0.875. The molecule has 0 aromatic carbocycles. The summed E-state index contributed by atoms with van der Waals surface area (Å²) in [5, 5.41) is 19.4. The highest BCUT2D eigenvalue weighted by Crippen LogP contribution is 2.50. The summed E-state index contributed by atoms with van der Waals surface area (Å²) >= 11 is 6.76. The first-order valence-electron chi connectivity index (χ1n) is 14.8. The highest BCUT2D eigenvalue weighted by Gasteiger charge is 2.30. The summed E-state index contributed by atoms with van der Waals surface area (Å²) in [7, 11) is 0. The van der Waals surface area contributed by atoms with E-state index in [0.717, 1.165) is 72.6 Å². The van der Waals surface area contributed by atoms with Crippen LogP contribution in [0, 0.1) is 13.8 Å². The van der Waals surface area contributed by atoms with Crippen LogP contribution in [0.1, 0.15) is 102 Å². The lowest BCUT2D eigenvalue weighted by molar-refractivity contribution is -0.137. The van der Waals surface area contributed by atoms with Crippen molar-refractivity contribution in [1.29, 1.82) is 0 Å². The normalized spacial score (nSPS) is 16.9. The Bertz CT molecular complexity index is 1960. The maximum absolute atomic E-state index is 11.6. The Morgan fingerprint density at radius 1 is 0.818 bits per heavy atom. The number of hydrogen-bond donors (Lipinski definition) is 5. The third-order valence-corrected chi connectivity index (χ3v) is 10.0. The molecule has 2 atom stereocenters. The number of nitrogens with one attached hydrogen (secondary N) is 2. The highest BCUT2D eigenvalue weighted by molar-refractivity contribution is 8.06. The highest BCUT2D eigenvalue weighted by atomic mass is 32.2. The molecule has 0 radical (unpaired) electrons. The van der Waals surface area contributed by atoms with Crippen LogP contribution in [0.3, 0.4) is 0 Å². The van der Waals surface area contributed by atoms with Crippen LogP contribution in [0.25, 0.3) is 44.4 Å². The van der Waals surface area contributed by atoms with Gasteiger partial charge in [-0.3, -0.25) is 9.59 Å². The molecular formula is C34H36N4O4S2. The molecule has 0 aliphatic carbocycles. The number of aryl methyl sites for hydroxylation is 2. The fourth-order valence-corrected chi connectivity index (χ4v) is 7.47. The number of fused-ring (bicyclic) bond motifs is 8. The fourth-order valence-electron chi connectivity index (χ4n) is 6.41. The topological polar surface area (TPSA) is 132 Å². The predicted molar refractivity (Wildman–Crippen MR) is 182 cm³/mol. The second-order valence-electron chi connectivity index (χ2n) is 11.8. The first kappa shape index (κ1) is 30.3. The number of aliphatic carboxylic acids is 2. The van der Waals surface area contributed by atoms with Crippen LogP contribution in [0.5, 0.6) is 0 Å². The molecule has 10 heteroatoms. The molecule has 6 rings (SSSR count). The van der Waals surface area contributed by atoms with Crippen molar-refractivity contribution in [3.05, 3.63) is 69.3 Å². The van der Waals surface area contributed by atoms with Crippen molar-refractivity contribution in [3.8, 4) is 0 Å². The zero-order valence-corrected chi connectivity index (χ0v) is 27.2. The van der Waals surface area contributed by atoms with E-state index in [1.807, 2.05) is 37.7 Å². The second-order valence-corrected chi connectivity index (χ2v) is 13.8. The number of aromatic nitrogens is 4. The minimum absolute atomic E-state index is 0.0104. The van der Waals surface area contributed by atoms with Crippen LogP contribution in [0.4, 0.5) is 0 Å². The zero-order chi connectivity index (χ0) is 31.4. The minimum Gasteiger partial charge on any atom is -0.481 e. The Morgan fingerprint density at radius 3 is 1.82 bits per heavy atom. The van der Waals surface area contributed by atoms with Gasteiger partial charge in [0.2, 0.25) is 0 Å². The average molecular weight is 629 g/mol. The summed E-state index contributed by atoms with van der Waals surface area (Å²) in [5.41, 5.74) is 15.1. The number of thiol groups is 1. The van der Waals surface area contributed by atoms with Crippen molar-refractivity contribution in [1.82, 2.24) is 19.9 Å². The first-order chi connectivity index (χ1) is 20.9. The molecular weight excluding hydrogens is 593 g/mol. The van der Waals surface area contributed by atoms with Gasteiger partial charge in [0.15, 0.2) is 0 Å². The number of carboxylic acids is 2. The van der Waals surface area contributed by atoms with E-state index in [0.29, 0.717) is 29.5 Å². The van der Waals surface area contributed by atoms with Crippen LogP contribution >= 0.6 is 24.4 Å². The van der Waals surface area contributed by atoms with Crippen molar-refractivity contribution in [2.75, 3.05) is 5.75 Å². The van der Waals surface area contributed by atoms with Gasteiger partial charge in [0.25, 0.3) is 0 Å². The molecule has 228 valence electrons. The van der Waals surface area contributed by atoms with E-state index < -0.39 is 11.9 Å². The standard InChI is InChI=1S/C34H36N4O4S2/c1-15-20(6-8-31(39)40)26-13-27-21(7-9-32(41)42)16(2)23(36-27)11-29-34(30-14-44-30)18(4)25(38-29)12-28-33(19(5)43)17(3)24(37-28)10-22(15)35-26/h10-13,19,30,37-38,43H,6-9,14H2,1-5H3,(H,39,40)(H,41,42). The molecule has 44 heavy (non-hydrogen) atoms. The average Bonchev–Trinajstić information content (AvgIpc) is 3.49. The van der Waals surface area contributed by atoms with Crippen molar-refractivity contribution in [3.63, 3.8) is 0 Å². The monoisotopic (exact) mass is 628 g/mol. The number of allylic oxidation sites excluding steroid dienone is 4. The van der Waals surface area contributed by atoms with Crippen LogP contribution in [0.2, 0.25) is 0 Å². The van der Waals surface area contributed by atoms with E-state index >= 15 is 0 Å². The van der Waals surface area contributed by atoms with Gasteiger partial charge >= 0.3 is 11.9 Å². The maximum atomic E-state index is 11.6.